The Morgan fingerprint density at radius 2 is 1.62 bits per heavy atom. The van der Waals surface area contributed by atoms with Gasteiger partial charge in [0.1, 0.15) is 5.82 Å². The molecule has 0 bridgehead atoms. The number of rotatable bonds is 3. The maximum atomic E-state index is 4.69. The van der Waals surface area contributed by atoms with Crippen molar-refractivity contribution < 1.29 is 21.1 Å². The van der Waals surface area contributed by atoms with Gasteiger partial charge in [-0.2, -0.15) is 0 Å². The monoisotopic (exact) mass is 636 g/mol. The van der Waals surface area contributed by atoms with E-state index in [1.807, 2.05) is 25.4 Å². The number of aromatic nitrogens is 7. The molecule has 34 heavy (non-hydrogen) atoms. The fraction of sp³-hybridized carbons (Fsp3) is 0.423. The number of pyridine rings is 1. The molecular weight excluding hydrogens is 605 g/mol. The first-order valence-electron chi connectivity index (χ1n) is 11.6. The smallest absolute Gasteiger partial charge is 0.573 e. The molecule has 0 spiro atoms. The third-order valence-electron chi connectivity index (χ3n) is 6.05. The molecule has 0 unspecified atom stereocenters. The van der Waals surface area contributed by atoms with Crippen LogP contribution in [0, 0.1) is 6.92 Å². The van der Waals surface area contributed by atoms with E-state index in [1.54, 1.807) is 6.20 Å². The normalized spacial score (nSPS) is 12.9. The number of aryl methyl sites for hydroxylation is 2. The van der Waals surface area contributed by atoms with Gasteiger partial charge in [-0.05, 0) is 79.3 Å². The molecule has 4 heterocycles. The summed E-state index contributed by atoms with van der Waals surface area (Å²) in [6, 6.07) is 6.01. The standard InChI is InChI=1S/C17H18N6.C9H13N.Pt/c1-3-12-10(2)15(22-20-12)17-18-9-8-14(19-17)16-11-6-4-5-7-13(11)21-23-16;1-9(2,3)8-4-6-10-7-5-8;/h8-9H,3-7H2,1-2H3;4-7H,1-3H3;/q-2;;+2. The summed E-state index contributed by atoms with van der Waals surface area (Å²) in [5.74, 6) is 0.611. The molecule has 0 aromatic carbocycles. The third kappa shape index (κ3) is 5.69. The molecule has 0 N–H and O–H groups in total. The van der Waals surface area contributed by atoms with E-state index >= 15 is 0 Å². The summed E-state index contributed by atoms with van der Waals surface area (Å²) < 4.78 is 0. The summed E-state index contributed by atoms with van der Waals surface area (Å²) in [5.41, 5.74) is 8.51. The van der Waals surface area contributed by atoms with Crippen LogP contribution in [0.4, 0.5) is 0 Å². The summed E-state index contributed by atoms with van der Waals surface area (Å²) in [5, 5.41) is 17.2. The predicted octanol–water partition coefficient (Wildman–Crippen LogP) is 4.64. The van der Waals surface area contributed by atoms with Crippen molar-refractivity contribution in [2.45, 2.75) is 72.1 Å². The fourth-order valence-electron chi connectivity index (χ4n) is 4.03. The molecule has 0 saturated carbocycles. The van der Waals surface area contributed by atoms with Gasteiger partial charge in [0.2, 0.25) is 0 Å². The summed E-state index contributed by atoms with van der Waals surface area (Å²) in [6.07, 6.45) is 10.7. The minimum absolute atomic E-state index is 0. The number of hydrogen-bond donors (Lipinski definition) is 0. The molecule has 0 radical (unpaired) electrons. The average molecular weight is 637 g/mol. The number of nitrogens with zero attached hydrogens (tertiary/aromatic N) is 7. The van der Waals surface area contributed by atoms with Crippen molar-refractivity contribution in [3.8, 4) is 22.9 Å². The summed E-state index contributed by atoms with van der Waals surface area (Å²) in [7, 11) is 0. The molecule has 1 aliphatic carbocycles. The van der Waals surface area contributed by atoms with Gasteiger partial charge in [0.05, 0.1) is 5.69 Å². The quantitative estimate of drug-likeness (QED) is 0.324. The van der Waals surface area contributed by atoms with Crippen molar-refractivity contribution in [1.82, 2.24) is 35.3 Å². The molecule has 180 valence electrons. The van der Waals surface area contributed by atoms with E-state index < -0.39 is 0 Å². The van der Waals surface area contributed by atoms with Gasteiger partial charge in [0, 0.05) is 30.0 Å². The molecule has 0 saturated heterocycles. The Bertz CT molecular complexity index is 1210. The van der Waals surface area contributed by atoms with Crippen molar-refractivity contribution in [1.29, 1.82) is 0 Å². The van der Waals surface area contributed by atoms with E-state index in [9.17, 15) is 0 Å². The third-order valence-corrected chi connectivity index (χ3v) is 6.05. The first-order valence-corrected chi connectivity index (χ1v) is 11.6. The molecule has 4 aromatic rings. The number of hydrogen-bond acceptors (Lipinski definition) is 5. The van der Waals surface area contributed by atoms with Gasteiger partial charge < -0.3 is 20.4 Å². The molecule has 1 aliphatic rings. The van der Waals surface area contributed by atoms with Crippen LogP contribution in [0.2, 0.25) is 0 Å². The van der Waals surface area contributed by atoms with Crippen LogP contribution in [0.25, 0.3) is 22.9 Å². The topological polar surface area (TPSA) is 92.7 Å². The molecular formula is C26H31N7Pt. The Morgan fingerprint density at radius 1 is 0.912 bits per heavy atom. The predicted molar refractivity (Wildman–Crippen MR) is 129 cm³/mol. The van der Waals surface area contributed by atoms with Crippen molar-refractivity contribution in [2.24, 2.45) is 0 Å². The van der Waals surface area contributed by atoms with Gasteiger partial charge >= 0.3 is 21.1 Å². The van der Waals surface area contributed by atoms with Crippen LogP contribution < -0.4 is 10.2 Å². The Labute approximate surface area is 215 Å². The second-order valence-corrected chi connectivity index (χ2v) is 9.41. The van der Waals surface area contributed by atoms with E-state index in [-0.39, 0.29) is 26.5 Å². The van der Waals surface area contributed by atoms with Crippen molar-refractivity contribution in [2.75, 3.05) is 0 Å². The van der Waals surface area contributed by atoms with Gasteiger partial charge in [-0.3, -0.25) is 4.98 Å². The zero-order valence-corrected chi connectivity index (χ0v) is 22.7. The number of fused-ring (bicyclic) bond motifs is 1. The zero-order chi connectivity index (χ0) is 23.4. The molecule has 0 aliphatic heterocycles. The second kappa shape index (κ2) is 11.2. The summed E-state index contributed by atoms with van der Waals surface area (Å²) in [6.45, 7) is 10.7. The van der Waals surface area contributed by atoms with Crippen LogP contribution in [-0.2, 0) is 45.7 Å². The Hall–Kier alpha value is -2.66. The molecule has 0 atom stereocenters. The van der Waals surface area contributed by atoms with Gasteiger partial charge in [0.15, 0.2) is 0 Å². The molecule has 5 rings (SSSR count). The van der Waals surface area contributed by atoms with Crippen LogP contribution in [0.5, 0.6) is 0 Å². The van der Waals surface area contributed by atoms with Gasteiger partial charge in [0.25, 0.3) is 0 Å². The van der Waals surface area contributed by atoms with Gasteiger partial charge in [-0.25, -0.2) is 9.97 Å². The molecule has 7 nitrogen and oxygen atoms in total. The fourth-order valence-corrected chi connectivity index (χ4v) is 4.03. The van der Waals surface area contributed by atoms with Crippen molar-refractivity contribution in [3.05, 3.63) is 64.9 Å². The molecule has 0 fully saturated rings. The largest absolute Gasteiger partial charge is 2.00 e. The van der Waals surface area contributed by atoms with Gasteiger partial charge in [-0.1, -0.05) is 39.1 Å². The second-order valence-electron chi connectivity index (χ2n) is 9.41. The van der Waals surface area contributed by atoms with Crippen LogP contribution in [0.3, 0.4) is 0 Å². The first-order chi connectivity index (χ1) is 15.9. The van der Waals surface area contributed by atoms with E-state index in [4.69, 9.17) is 0 Å². The van der Waals surface area contributed by atoms with E-state index in [0.717, 1.165) is 53.3 Å². The molecule has 4 aromatic heterocycles. The van der Waals surface area contributed by atoms with Gasteiger partial charge in [-0.15, -0.1) is 0 Å². The van der Waals surface area contributed by atoms with E-state index in [1.165, 1.54) is 24.0 Å². The summed E-state index contributed by atoms with van der Waals surface area (Å²) in [4.78, 5) is 13.0. The maximum absolute atomic E-state index is 4.69. The summed E-state index contributed by atoms with van der Waals surface area (Å²) >= 11 is 0. The van der Waals surface area contributed by atoms with Crippen LogP contribution >= 0.6 is 0 Å². The van der Waals surface area contributed by atoms with Crippen LogP contribution in [0.15, 0.2) is 36.8 Å². The molecule has 8 heteroatoms. The molecule has 0 amide bonds. The maximum Gasteiger partial charge on any atom is 2.00 e. The Morgan fingerprint density at radius 3 is 2.26 bits per heavy atom. The van der Waals surface area contributed by atoms with Crippen molar-refractivity contribution >= 4 is 0 Å². The average Bonchev–Trinajstić information content (AvgIpc) is 3.43. The first kappa shape index (κ1) is 26.0. The minimum Gasteiger partial charge on any atom is -0.573 e. The van der Waals surface area contributed by atoms with Crippen LogP contribution in [0.1, 0.15) is 68.6 Å². The van der Waals surface area contributed by atoms with E-state index in [2.05, 4.69) is 75.2 Å². The van der Waals surface area contributed by atoms with E-state index in [0.29, 0.717) is 5.82 Å². The SMILES string of the molecule is CC(C)(C)c1ccncc1.CCc1n[n-]c(-c2nccc(-c3[n-]nc4c3CCCC4)n2)c1C.[Pt+2]. The zero-order valence-electron chi connectivity index (χ0n) is 20.4. The van der Waals surface area contributed by atoms with Crippen LogP contribution in [-0.4, -0.2) is 25.1 Å². The Kier molecular flexibility index (Phi) is 8.53. The minimum atomic E-state index is 0. The van der Waals surface area contributed by atoms with Crippen molar-refractivity contribution in [3.63, 3.8) is 0 Å². The Balaban J connectivity index is 0.000000250.